The molecule has 3 heteroatoms. The minimum Gasteiger partial charge on any atom is -0.477 e. The van der Waals surface area contributed by atoms with Crippen molar-refractivity contribution in [2.45, 2.75) is 26.7 Å². The molecular formula is C8H13BrO2. The van der Waals surface area contributed by atoms with Gasteiger partial charge in [0.1, 0.15) is 0 Å². The molecule has 0 saturated carbocycles. The molecule has 0 amide bonds. The van der Waals surface area contributed by atoms with Gasteiger partial charge >= 0.3 is 5.97 Å². The zero-order chi connectivity index (χ0) is 8.85. The fourth-order valence-corrected chi connectivity index (χ4v) is 0.746. The molecule has 0 aliphatic heterocycles. The second kappa shape index (κ2) is 5.35. The van der Waals surface area contributed by atoms with Gasteiger partial charge in [0, 0.05) is 0 Å². The Labute approximate surface area is 75.4 Å². The van der Waals surface area contributed by atoms with Crippen LogP contribution in [0.4, 0.5) is 0 Å². The van der Waals surface area contributed by atoms with E-state index >= 15 is 0 Å². The number of aliphatic carboxylic acids is 1. The number of rotatable bonds is 4. The van der Waals surface area contributed by atoms with E-state index in [2.05, 4.69) is 29.8 Å². The summed E-state index contributed by atoms with van der Waals surface area (Å²) in [6, 6.07) is 0. The Morgan fingerprint density at radius 1 is 1.73 bits per heavy atom. The van der Waals surface area contributed by atoms with Gasteiger partial charge in [-0.25, -0.2) is 4.79 Å². The molecule has 0 saturated heterocycles. The van der Waals surface area contributed by atoms with Gasteiger partial charge in [0.2, 0.25) is 0 Å². The van der Waals surface area contributed by atoms with Crippen molar-refractivity contribution >= 4 is 21.9 Å². The van der Waals surface area contributed by atoms with Gasteiger partial charge in [-0.2, -0.15) is 0 Å². The van der Waals surface area contributed by atoms with Crippen LogP contribution >= 0.6 is 15.9 Å². The first kappa shape index (κ1) is 10.7. The second-order valence-electron chi connectivity index (χ2n) is 2.61. The highest BCUT2D eigenvalue weighted by molar-refractivity contribution is 9.12. The molecule has 0 aromatic heterocycles. The maximum absolute atomic E-state index is 10.3. The van der Waals surface area contributed by atoms with E-state index < -0.39 is 5.97 Å². The average Bonchev–Trinajstić information content (AvgIpc) is 1.99. The zero-order valence-corrected chi connectivity index (χ0v) is 8.39. The summed E-state index contributed by atoms with van der Waals surface area (Å²) in [4.78, 5) is 10.3. The van der Waals surface area contributed by atoms with E-state index in [0.29, 0.717) is 5.92 Å². The second-order valence-corrected chi connectivity index (χ2v) is 3.46. The molecule has 0 rings (SSSR count). The molecule has 1 atom stereocenters. The fourth-order valence-electron chi connectivity index (χ4n) is 0.559. The van der Waals surface area contributed by atoms with E-state index in [1.165, 1.54) is 0 Å². The molecule has 0 spiro atoms. The van der Waals surface area contributed by atoms with Crippen LogP contribution in [-0.2, 0) is 4.79 Å². The van der Waals surface area contributed by atoms with Crippen molar-refractivity contribution in [1.82, 2.24) is 0 Å². The summed E-state index contributed by atoms with van der Waals surface area (Å²) in [7, 11) is 0. The molecule has 0 aliphatic carbocycles. The quantitative estimate of drug-likeness (QED) is 0.741. The van der Waals surface area contributed by atoms with Crippen LogP contribution in [0.5, 0.6) is 0 Å². The third-order valence-corrected chi connectivity index (χ3v) is 2.26. The molecule has 1 unspecified atom stereocenters. The first-order valence-corrected chi connectivity index (χ1v) is 4.46. The van der Waals surface area contributed by atoms with Gasteiger partial charge in [0.05, 0.1) is 4.48 Å². The Balaban J connectivity index is 3.82. The molecule has 11 heavy (non-hydrogen) atoms. The van der Waals surface area contributed by atoms with E-state index in [9.17, 15) is 4.79 Å². The van der Waals surface area contributed by atoms with E-state index in [1.807, 2.05) is 0 Å². The largest absolute Gasteiger partial charge is 0.477 e. The first-order valence-electron chi connectivity index (χ1n) is 3.66. The molecule has 0 aromatic carbocycles. The lowest BCUT2D eigenvalue weighted by atomic mass is 10.1. The van der Waals surface area contributed by atoms with Crippen molar-refractivity contribution < 1.29 is 9.90 Å². The van der Waals surface area contributed by atoms with Crippen LogP contribution < -0.4 is 0 Å². The lowest BCUT2D eigenvalue weighted by Gasteiger charge is -2.02. The molecule has 64 valence electrons. The number of carbonyl (C=O) groups is 1. The molecular weight excluding hydrogens is 208 g/mol. The molecule has 0 heterocycles. The Hall–Kier alpha value is -0.310. The Bertz CT molecular complexity index is 163. The molecule has 1 N–H and O–H groups in total. The van der Waals surface area contributed by atoms with Crippen molar-refractivity contribution in [2.24, 2.45) is 5.92 Å². The van der Waals surface area contributed by atoms with Gasteiger partial charge in [-0.3, -0.25) is 0 Å². The van der Waals surface area contributed by atoms with Gasteiger partial charge in [0.15, 0.2) is 0 Å². The van der Waals surface area contributed by atoms with Crippen molar-refractivity contribution in [3.8, 4) is 0 Å². The van der Waals surface area contributed by atoms with Crippen LogP contribution in [-0.4, -0.2) is 11.1 Å². The summed E-state index contributed by atoms with van der Waals surface area (Å²) < 4.78 is 0.262. The molecule has 0 fully saturated rings. The Morgan fingerprint density at radius 3 is 2.64 bits per heavy atom. The maximum Gasteiger partial charge on any atom is 0.342 e. The summed E-state index contributed by atoms with van der Waals surface area (Å²) >= 11 is 2.96. The Kier molecular flexibility index (Phi) is 5.20. The van der Waals surface area contributed by atoms with Gasteiger partial charge in [-0.1, -0.05) is 26.3 Å². The van der Waals surface area contributed by atoms with E-state index in [4.69, 9.17) is 5.11 Å². The highest BCUT2D eigenvalue weighted by Crippen LogP contribution is 2.12. The van der Waals surface area contributed by atoms with E-state index in [1.54, 1.807) is 6.08 Å². The number of carboxylic acids is 1. The van der Waals surface area contributed by atoms with Crippen molar-refractivity contribution in [1.29, 1.82) is 0 Å². The third kappa shape index (κ3) is 5.01. The lowest BCUT2D eigenvalue weighted by Crippen LogP contribution is -1.95. The SMILES string of the molecule is CCC(C)CC=C(Br)C(=O)O. The van der Waals surface area contributed by atoms with Crippen molar-refractivity contribution in [3.05, 3.63) is 10.6 Å². The molecule has 0 aromatic rings. The standard InChI is InChI=1S/C8H13BrO2/c1-3-6(2)4-5-7(9)8(10)11/h5-6H,3-4H2,1-2H3,(H,10,11). The summed E-state index contributed by atoms with van der Waals surface area (Å²) in [6.45, 7) is 4.19. The van der Waals surface area contributed by atoms with Crippen LogP contribution in [0.2, 0.25) is 0 Å². The Morgan fingerprint density at radius 2 is 2.27 bits per heavy atom. The number of allylic oxidation sites excluding steroid dienone is 1. The van der Waals surface area contributed by atoms with Gasteiger partial charge in [-0.15, -0.1) is 0 Å². The first-order chi connectivity index (χ1) is 5.07. The van der Waals surface area contributed by atoms with E-state index in [-0.39, 0.29) is 4.48 Å². The van der Waals surface area contributed by atoms with Crippen LogP contribution in [0.25, 0.3) is 0 Å². The van der Waals surface area contributed by atoms with Crippen LogP contribution in [0.15, 0.2) is 10.6 Å². The number of hydrogen-bond donors (Lipinski definition) is 1. The number of hydrogen-bond acceptors (Lipinski definition) is 1. The molecule has 0 bridgehead atoms. The van der Waals surface area contributed by atoms with E-state index in [0.717, 1.165) is 12.8 Å². The van der Waals surface area contributed by atoms with Crippen molar-refractivity contribution in [2.75, 3.05) is 0 Å². The predicted octanol–water partition coefficient (Wildman–Crippen LogP) is 2.79. The highest BCUT2D eigenvalue weighted by atomic mass is 79.9. The maximum atomic E-state index is 10.3. The monoisotopic (exact) mass is 220 g/mol. The smallest absolute Gasteiger partial charge is 0.342 e. The van der Waals surface area contributed by atoms with Crippen LogP contribution in [0.3, 0.4) is 0 Å². The fraction of sp³-hybridized carbons (Fsp3) is 0.625. The zero-order valence-electron chi connectivity index (χ0n) is 6.80. The third-order valence-electron chi connectivity index (χ3n) is 1.60. The summed E-state index contributed by atoms with van der Waals surface area (Å²) in [6.07, 6.45) is 3.61. The summed E-state index contributed by atoms with van der Waals surface area (Å²) in [5.74, 6) is -0.338. The van der Waals surface area contributed by atoms with Gasteiger partial charge in [-0.05, 0) is 28.3 Å². The van der Waals surface area contributed by atoms with Gasteiger partial charge < -0.3 is 5.11 Å². The van der Waals surface area contributed by atoms with Crippen LogP contribution in [0, 0.1) is 5.92 Å². The van der Waals surface area contributed by atoms with Crippen molar-refractivity contribution in [3.63, 3.8) is 0 Å². The topological polar surface area (TPSA) is 37.3 Å². The average molecular weight is 221 g/mol. The summed E-state index contributed by atoms with van der Waals surface area (Å²) in [5, 5.41) is 8.45. The van der Waals surface area contributed by atoms with Crippen LogP contribution in [0.1, 0.15) is 26.7 Å². The van der Waals surface area contributed by atoms with Gasteiger partial charge in [0.25, 0.3) is 0 Å². The summed E-state index contributed by atoms with van der Waals surface area (Å²) in [5.41, 5.74) is 0. The lowest BCUT2D eigenvalue weighted by molar-refractivity contribution is -0.131. The number of carboxylic acid groups (broad SMARTS) is 1. The molecule has 2 nitrogen and oxygen atoms in total. The minimum absolute atomic E-state index is 0.262. The number of halogens is 1. The highest BCUT2D eigenvalue weighted by Gasteiger charge is 2.02. The molecule has 0 aliphatic rings. The minimum atomic E-state index is -0.895. The predicted molar refractivity (Wildman–Crippen MR) is 48.7 cm³/mol. The molecule has 0 radical (unpaired) electrons. The normalized spacial score (nSPS) is 14.6.